The summed E-state index contributed by atoms with van der Waals surface area (Å²) in [6.45, 7) is 0. The zero-order chi connectivity index (χ0) is 15.7. The number of carbonyl (C=O) groups is 1. The molecule has 3 aromatic carbocycles. The Hall–Kier alpha value is -1.73. The van der Waals surface area contributed by atoms with Crippen molar-refractivity contribution in [2.24, 2.45) is 0 Å². The normalized spacial score (nSPS) is 11.0. The predicted molar refractivity (Wildman–Crippen MR) is 91.1 cm³/mol. The van der Waals surface area contributed by atoms with Crippen LogP contribution in [-0.4, -0.2) is 5.78 Å². The van der Waals surface area contributed by atoms with E-state index in [4.69, 9.17) is 23.2 Å². The molecule has 3 rings (SSSR count). The summed E-state index contributed by atoms with van der Waals surface area (Å²) in [7, 11) is -0.223. The van der Waals surface area contributed by atoms with E-state index in [2.05, 4.69) is 0 Å². The highest BCUT2D eigenvalue weighted by Gasteiger charge is 2.21. The van der Waals surface area contributed by atoms with Crippen LogP contribution in [0, 0.1) is 0 Å². The third-order valence-corrected chi connectivity index (χ3v) is 4.62. The first-order chi connectivity index (χ1) is 10.6. The highest BCUT2D eigenvalue weighted by Crippen LogP contribution is 2.29. The van der Waals surface area contributed by atoms with Crippen LogP contribution in [0.1, 0.15) is 15.9 Å². The number of hydrogen-bond donors (Lipinski definition) is 0. The average molecular weight is 347 g/mol. The standard InChI is InChI=1S/C17H9Cl2O2P/c18-12-6-3-7-13(19)16(12)17(20)15-11-5-2-1-4-10(11)8-9-14(15)22-21/h1-9H. The highest BCUT2D eigenvalue weighted by atomic mass is 35.5. The Balaban J connectivity index is 2.34. The van der Waals surface area contributed by atoms with E-state index in [1.165, 1.54) is 0 Å². The molecule has 0 spiro atoms. The monoisotopic (exact) mass is 346 g/mol. The van der Waals surface area contributed by atoms with Crippen molar-refractivity contribution in [3.8, 4) is 0 Å². The second-order valence-corrected chi connectivity index (χ2v) is 6.18. The number of carbonyl (C=O) groups excluding carboxylic acids is 1. The zero-order valence-corrected chi connectivity index (χ0v) is 13.6. The van der Waals surface area contributed by atoms with E-state index in [1.54, 1.807) is 24.3 Å². The number of hydrogen-bond acceptors (Lipinski definition) is 2. The number of benzene rings is 3. The molecule has 0 radical (unpaired) electrons. The quantitative estimate of drug-likeness (QED) is 0.476. The number of ketones is 1. The lowest BCUT2D eigenvalue weighted by Crippen LogP contribution is -2.13. The Kier molecular flexibility index (Phi) is 4.26. The molecule has 0 aliphatic carbocycles. The molecule has 0 aliphatic rings. The van der Waals surface area contributed by atoms with Gasteiger partial charge in [0.05, 0.1) is 20.9 Å². The van der Waals surface area contributed by atoms with Crippen molar-refractivity contribution in [1.82, 2.24) is 0 Å². The minimum Gasteiger partial charge on any atom is -0.288 e. The van der Waals surface area contributed by atoms with Crippen molar-refractivity contribution < 1.29 is 9.36 Å². The molecule has 0 atom stereocenters. The number of halogens is 2. The van der Waals surface area contributed by atoms with Crippen LogP contribution >= 0.6 is 31.7 Å². The van der Waals surface area contributed by atoms with Crippen molar-refractivity contribution in [2.75, 3.05) is 0 Å². The van der Waals surface area contributed by atoms with Gasteiger partial charge in [0.25, 0.3) is 0 Å². The van der Waals surface area contributed by atoms with Crippen LogP contribution in [0.2, 0.25) is 10.0 Å². The first-order valence-corrected chi connectivity index (χ1v) is 8.04. The molecule has 2 nitrogen and oxygen atoms in total. The maximum atomic E-state index is 13.0. The van der Waals surface area contributed by atoms with Gasteiger partial charge in [0.15, 0.2) is 14.2 Å². The molecule has 0 aromatic heterocycles. The van der Waals surface area contributed by atoms with Crippen molar-refractivity contribution in [3.05, 3.63) is 75.8 Å². The van der Waals surface area contributed by atoms with Crippen LogP contribution in [0.15, 0.2) is 54.6 Å². The molecule has 5 heteroatoms. The van der Waals surface area contributed by atoms with Gasteiger partial charge < -0.3 is 0 Å². The lowest BCUT2D eigenvalue weighted by Gasteiger charge is -2.10. The first kappa shape index (κ1) is 15.2. The van der Waals surface area contributed by atoms with Gasteiger partial charge in [0.1, 0.15) is 0 Å². The van der Waals surface area contributed by atoms with Gasteiger partial charge in [-0.25, -0.2) is 0 Å². The van der Waals surface area contributed by atoms with Gasteiger partial charge in [0.2, 0.25) is 0 Å². The van der Waals surface area contributed by atoms with Crippen LogP contribution in [-0.2, 0) is 4.57 Å². The van der Waals surface area contributed by atoms with Crippen molar-refractivity contribution in [3.63, 3.8) is 0 Å². The molecular weight excluding hydrogens is 338 g/mol. The van der Waals surface area contributed by atoms with Crippen molar-refractivity contribution in [1.29, 1.82) is 0 Å². The van der Waals surface area contributed by atoms with Gasteiger partial charge in [-0.3, -0.25) is 9.36 Å². The fourth-order valence-corrected chi connectivity index (χ4v) is 3.43. The average Bonchev–Trinajstić information content (AvgIpc) is 2.53. The molecule has 0 unspecified atom stereocenters. The summed E-state index contributed by atoms with van der Waals surface area (Å²) in [5, 5.41) is 2.59. The van der Waals surface area contributed by atoms with Crippen LogP contribution < -0.4 is 5.30 Å². The SMILES string of the molecule is O=Pc1ccc2ccccc2c1C(=O)c1c(Cl)cccc1Cl. The molecule has 108 valence electrons. The van der Waals surface area contributed by atoms with Gasteiger partial charge in [0, 0.05) is 5.56 Å². The minimum absolute atomic E-state index is 0.223. The Morgan fingerprint density at radius 3 is 2.18 bits per heavy atom. The largest absolute Gasteiger partial charge is 0.288 e. The van der Waals surface area contributed by atoms with E-state index >= 15 is 0 Å². The van der Waals surface area contributed by atoms with E-state index in [1.807, 2.05) is 30.3 Å². The van der Waals surface area contributed by atoms with Gasteiger partial charge in [-0.2, -0.15) is 0 Å². The Labute approximate surface area is 138 Å². The Bertz CT molecular complexity index is 886. The highest BCUT2D eigenvalue weighted by molar-refractivity contribution is 7.34. The molecular formula is C17H9Cl2O2P. The van der Waals surface area contributed by atoms with E-state index in [-0.39, 0.29) is 29.9 Å². The van der Waals surface area contributed by atoms with Crippen LogP contribution in [0.4, 0.5) is 0 Å². The summed E-state index contributed by atoms with van der Waals surface area (Å²) in [5.41, 5.74) is 0.594. The summed E-state index contributed by atoms with van der Waals surface area (Å²) in [6.07, 6.45) is 0. The van der Waals surface area contributed by atoms with Gasteiger partial charge in [-0.05, 0) is 29.0 Å². The second kappa shape index (κ2) is 6.18. The maximum absolute atomic E-state index is 13.0. The van der Waals surface area contributed by atoms with E-state index in [0.29, 0.717) is 10.9 Å². The minimum atomic E-state index is -0.328. The summed E-state index contributed by atoms with van der Waals surface area (Å²) < 4.78 is 11.5. The maximum Gasteiger partial charge on any atom is 0.197 e. The molecule has 0 bridgehead atoms. The number of rotatable bonds is 3. The zero-order valence-electron chi connectivity index (χ0n) is 11.2. The first-order valence-electron chi connectivity index (χ1n) is 6.47. The van der Waals surface area contributed by atoms with E-state index in [0.717, 1.165) is 10.8 Å². The van der Waals surface area contributed by atoms with Gasteiger partial charge in [-0.15, -0.1) is 0 Å². The number of fused-ring (bicyclic) bond motifs is 1. The molecule has 3 aromatic rings. The van der Waals surface area contributed by atoms with E-state index < -0.39 is 0 Å². The van der Waals surface area contributed by atoms with Gasteiger partial charge in [-0.1, -0.05) is 59.6 Å². The van der Waals surface area contributed by atoms with Gasteiger partial charge >= 0.3 is 0 Å². The molecule has 0 saturated heterocycles. The molecule has 0 amide bonds. The van der Waals surface area contributed by atoms with Crippen molar-refractivity contribution >= 4 is 53.5 Å². The summed E-state index contributed by atoms with van der Waals surface area (Å²) in [6, 6.07) is 15.8. The molecule has 0 fully saturated rings. The lowest BCUT2D eigenvalue weighted by molar-refractivity contribution is 0.104. The Morgan fingerprint density at radius 2 is 1.50 bits per heavy atom. The predicted octanol–water partition coefficient (Wildman–Crippen LogP) is 5.29. The summed E-state index contributed by atoms with van der Waals surface area (Å²) in [5.74, 6) is -0.328. The Morgan fingerprint density at radius 1 is 0.818 bits per heavy atom. The summed E-state index contributed by atoms with van der Waals surface area (Å²) in [4.78, 5) is 13.0. The topological polar surface area (TPSA) is 34.1 Å². The molecule has 0 aliphatic heterocycles. The van der Waals surface area contributed by atoms with E-state index in [9.17, 15) is 9.36 Å². The fourth-order valence-electron chi connectivity index (χ4n) is 2.41. The third kappa shape index (κ3) is 2.55. The van der Waals surface area contributed by atoms with Crippen LogP contribution in [0.3, 0.4) is 0 Å². The van der Waals surface area contributed by atoms with Crippen LogP contribution in [0.5, 0.6) is 0 Å². The molecule has 0 saturated carbocycles. The molecule has 0 N–H and O–H groups in total. The van der Waals surface area contributed by atoms with Crippen LogP contribution in [0.25, 0.3) is 10.8 Å². The molecule has 0 heterocycles. The third-order valence-electron chi connectivity index (χ3n) is 3.42. The smallest absolute Gasteiger partial charge is 0.197 e. The van der Waals surface area contributed by atoms with Crippen molar-refractivity contribution in [2.45, 2.75) is 0 Å². The molecule has 22 heavy (non-hydrogen) atoms. The fraction of sp³-hybridized carbons (Fsp3) is 0. The summed E-state index contributed by atoms with van der Waals surface area (Å²) >= 11 is 12.3. The second-order valence-electron chi connectivity index (χ2n) is 4.70. The lowest BCUT2D eigenvalue weighted by atomic mass is 9.97.